The number of amides is 1. The Morgan fingerprint density at radius 1 is 1.08 bits per heavy atom. The van der Waals surface area contributed by atoms with Crippen molar-refractivity contribution in [1.29, 1.82) is 0 Å². The zero-order valence-electron chi connectivity index (χ0n) is 22.3. The molecule has 0 spiro atoms. The van der Waals surface area contributed by atoms with Gasteiger partial charge in [0.25, 0.3) is 0 Å². The van der Waals surface area contributed by atoms with E-state index in [9.17, 15) is 14.7 Å². The first-order chi connectivity index (χ1) is 17.8. The zero-order valence-corrected chi connectivity index (χ0v) is 22.3. The van der Waals surface area contributed by atoms with Crippen LogP contribution in [0.4, 0.5) is 4.79 Å². The quantitative estimate of drug-likeness (QED) is 0.502. The molecule has 8 heteroatoms. The Kier molecular flexibility index (Phi) is 7.39. The third-order valence-electron chi connectivity index (χ3n) is 9.01. The van der Waals surface area contributed by atoms with E-state index in [1.807, 2.05) is 12.2 Å². The van der Waals surface area contributed by atoms with Gasteiger partial charge < -0.3 is 24.6 Å². The lowest BCUT2D eigenvalue weighted by Gasteiger charge is -2.47. The number of fused-ring (bicyclic) bond motifs is 5. The summed E-state index contributed by atoms with van der Waals surface area (Å²) in [6.07, 6.45) is 7.26. The number of nitrogens with zero attached hydrogens (tertiary/aromatic N) is 1. The molecule has 5 rings (SSSR count). The largest absolute Gasteiger partial charge is 0.493 e. The molecule has 1 amide bonds. The number of carbonyl (C=O) groups is 2. The predicted molar refractivity (Wildman–Crippen MR) is 139 cm³/mol. The van der Waals surface area contributed by atoms with Crippen molar-refractivity contribution >= 4 is 12.1 Å². The highest BCUT2D eigenvalue weighted by atomic mass is 16.5. The molecular weight excluding hydrogens is 472 g/mol. The number of alkyl carbamates (subject to hydrolysis) is 1. The first kappa shape index (κ1) is 25.9. The highest BCUT2D eigenvalue weighted by Crippen LogP contribution is 2.46. The van der Waals surface area contributed by atoms with Gasteiger partial charge in [0.15, 0.2) is 11.5 Å². The van der Waals surface area contributed by atoms with E-state index in [0.29, 0.717) is 18.4 Å². The normalized spacial score (nSPS) is 32.1. The fourth-order valence-electron chi connectivity index (χ4n) is 7.30. The van der Waals surface area contributed by atoms with E-state index in [4.69, 9.17) is 14.2 Å². The van der Waals surface area contributed by atoms with Crippen LogP contribution in [0.5, 0.6) is 11.5 Å². The topological polar surface area (TPSA) is 97.3 Å². The number of carbonyl (C=O) groups excluding carboxylic acids is 1. The van der Waals surface area contributed by atoms with Gasteiger partial charge in [0.1, 0.15) is 0 Å². The molecule has 2 aliphatic heterocycles. The van der Waals surface area contributed by atoms with Gasteiger partial charge in [-0.2, -0.15) is 0 Å². The lowest BCUT2D eigenvalue weighted by atomic mass is 9.74. The molecule has 2 bridgehead atoms. The third-order valence-corrected chi connectivity index (χ3v) is 9.01. The second kappa shape index (κ2) is 10.6. The van der Waals surface area contributed by atoms with Crippen molar-refractivity contribution in [2.75, 3.05) is 33.9 Å². The molecule has 2 fully saturated rings. The van der Waals surface area contributed by atoms with Crippen LogP contribution in [-0.2, 0) is 16.0 Å². The molecule has 0 radical (unpaired) electrons. The summed E-state index contributed by atoms with van der Waals surface area (Å²) in [4.78, 5) is 27.2. The fourth-order valence-corrected chi connectivity index (χ4v) is 7.30. The molecule has 1 saturated carbocycles. The van der Waals surface area contributed by atoms with Gasteiger partial charge in [-0.1, -0.05) is 26.0 Å². The van der Waals surface area contributed by atoms with Crippen LogP contribution >= 0.6 is 0 Å². The van der Waals surface area contributed by atoms with Gasteiger partial charge in [-0.3, -0.25) is 9.69 Å². The first-order valence-corrected chi connectivity index (χ1v) is 13.6. The number of nitrogens with one attached hydrogen (secondary N) is 1. The van der Waals surface area contributed by atoms with Crippen LogP contribution in [0.1, 0.15) is 50.3 Å². The smallest absolute Gasteiger partial charge is 0.407 e. The van der Waals surface area contributed by atoms with Gasteiger partial charge >= 0.3 is 12.1 Å². The number of allylic oxidation sites excluding steroid dienone is 1. The van der Waals surface area contributed by atoms with Crippen molar-refractivity contribution in [1.82, 2.24) is 10.2 Å². The van der Waals surface area contributed by atoms with Crippen molar-refractivity contribution in [2.45, 2.75) is 51.6 Å². The number of piperidine rings is 1. The molecule has 0 aromatic heterocycles. The summed E-state index contributed by atoms with van der Waals surface area (Å²) in [7, 11) is 3.33. The molecule has 1 aromatic rings. The van der Waals surface area contributed by atoms with Crippen molar-refractivity contribution in [3.05, 3.63) is 35.4 Å². The highest BCUT2D eigenvalue weighted by molar-refractivity contribution is 5.75. The third kappa shape index (κ3) is 5.05. The number of carboxylic acids is 1. The Balaban J connectivity index is 1.29. The molecule has 2 N–H and O–H groups in total. The van der Waals surface area contributed by atoms with Crippen LogP contribution in [0.15, 0.2) is 24.3 Å². The molecule has 4 aliphatic rings. The molecule has 1 aromatic carbocycles. The van der Waals surface area contributed by atoms with E-state index in [-0.39, 0.29) is 23.8 Å². The SMILES string of the molecule is COc1cc2c(cc1OC)[C@H]1C[C@@H](COC(=O)N[C@H]3[C@@H](C(=O)O)[C@H]4C=C[C@@H]3C4)[C@H](CC(C)C)CN1CC2. The summed E-state index contributed by atoms with van der Waals surface area (Å²) in [6.45, 7) is 6.81. The van der Waals surface area contributed by atoms with E-state index in [2.05, 4.69) is 36.2 Å². The zero-order chi connectivity index (χ0) is 26.3. The van der Waals surface area contributed by atoms with Crippen LogP contribution in [0.2, 0.25) is 0 Å². The minimum Gasteiger partial charge on any atom is -0.493 e. The number of hydrogen-bond donors (Lipinski definition) is 2. The Hall–Kier alpha value is -2.74. The number of carboxylic acid groups (broad SMARTS) is 1. The van der Waals surface area contributed by atoms with Crippen molar-refractivity contribution < 1.29 is 28.9 Å². The summed E-state index contributed by atoms with van der Waals surface area (Å²) in [5, 5.41) is 12.6. The summed E-state index contributed by atoms with van der Waals surface area (Å²) >= 11 is 0. The average Bonchev–Trinajstić information content (AvgIpc) is 3.48. The lowest BCUT2D eigenvalue weighted by Crippen LogP contribution is -2.48. The van der Waals surface area contributed by atoms with Crippen LogP contribution in [0, 0.1) is 35.5 Å². The number of methoxy groups -OCH3 is 2. The number of benzene rings is 1. The molecule has 7 atom stereocenters. The average molecular weight is 513 g/mol. The van der Waals surface area contributed by atoms with Gasteiger partial charge in [0, 0.05) is 19.1 Å². The molecule has 8 nitrogen and oxygen atoms in total. The number of ether oxygens (including phenoxy) is 3. The molecule has 37 heavy (non-hydrogen) atoms. The summed E-state index contributed by atoms with van der Waals surface area (Å²) in [6, 6.07) is 4.07. The molecule has 0 unspecified atom stereocenters. The van der Waals surface area contributed by atoms with E-state index in [1.54, 1.807) is 14.2 Å². The highest BCUT2D eigenvalue weighted by Gasteiger charge is 2.49. The summed E-state index contributed by atoms with van der Waals surface area (Å²) in [5.74, 6) is 1.35. The van der Waals surface area contributed by atoms with E-state index in [0.717, 1.165) is 50.3 Å². The Morgan fingerprint density at radius 3 is 2.51 bits per heavy atom. The predicted octanol–water partition coefficient (Wildman–Crippen LogP) is 4.29. The van der Waals surface area contributed by atoms with Gasteiger partial charge in [-0.25, -0.2) is 4.79 Å². The van der Waals surface area contributed by atoms with Crippen LogP contribution in [0.3, 0.4) is 0 Å². The Morgan fingerprint density at radius 2 is 1.81 bits per heavy atom. The Bertz CT molecular complexity index is 1060. The molecule has 202 valence electrons. The number of hydrogen-bond acceptors (Lipinski definition) is 6. The maximum atomic E-state index is 12.9. The molecule has 1 saturated heterocycles. The number of rotatable bonds is 8. The fraction of sp³-hybridized carbons (Fsp3) is 0.655. The molecular formula is C29H40N2O6. The minimum atomic E-state index is -0.852. The maximum Gasteiger partial charge on any atom is 0.407 e. The van der Waals surface area contributed by atoms with E-state index in [1.165, 1.54) is 11.1 Å². The van der Waals surface area contributed by atoms with Crippen molar-refractivity contribution in [2.24, 2.45) is 35.5 Å². The standard InChI is InChI=1S/C29H40N2O6/c1-16(2)9-20-14-31-8-7-17-12-24(35-3)25(36-4)13-22(17)23(31)11-21(20)15-37-29(34)30-27-19-6-5-18(10-19)26(27)28(32)33/h5-6,12-13,16,18-21,23,26-27H,7-11,14-15H2,1-4H3,(H,30,34)(H,32,33)/t18-,19+,20+,21-,23+,26-,27+/m0/s1. The van der Waals surface area contributed by atoms with Crippen LogP contribution in [-0.4, -0.2) is 62.0 Å². The van der Waals surface area contributed by atoms with E-state index < -0.39 is 24.0 Å². The Labute approximate surface area is 219 Å². The summed E-state index contributed by atoms with van der Waals surface area (Å²) < 4.78 is 16.9. The number of aliphatic carboxylic acids is 1. The lowest BCUT2D eigenvalue weighted by molar-refractivity contribution is -0.143. The molecule has 2 aliphatic carbocycles. The van der Waals surface area contributed by atoms with Crippen molar-refractivity contribution in [3.63, 3.8) is 0 Å². The van der Waals surface area contributed by atoms with Gasteiger partial charge in [0.05, 0.1) is 32.8 Å². The minimum absolute atomic E-state index is 0.00506. The monoisotopic (exact) mass is 512 g/mol. The molecule has 2 heterocycles. The van der Waals surface area contributed by atoms with Crippen molar-refractivity contribution in [3.8, 4) is 11.5 Å². The summed E-state index contributed by atoms with van der Waals surface area (Å²) in [5.41, 5.74) is 2.57. The van der Waals surface area contributed by atoms with Gasteiger partial charge in [-0.15, -0.1) is 0 Å². The second-order valence-corrected chi connectivity index (χ2v) is 11.6. The van der Waals surface area contributed by atoms with Gasteiger partial charge in [-0.05, 0) is 78.5 Å². The van der Waals surface area contributed by atoms with E-state index >= 15 is 0 Å². The van der Waals surface area contributed by atoms with Crippen LogP contribution < -0.4 is 14.8 Å². The first-order valence-electron chi connectivity index (χ1n) is 13.6. The second-order valence-electron chi connectivity index (χ2n) is 11.6. The maximum absolute atomic E-state index is 12.9. The van der Waals surface area contributed by atoms with Gasteiger partial charge in [0.2, 0.25) is 0 Å². The van der Waals surface area contributed by atoms with Crippen LogP contribution in [0.25, 0.3) is 0 Å².